The van der Waals surface area contributed by atoms with Crippen molar-refractivity contribution in [3.8, 4) is 22.3 Å². The van der Waals surface area contributed by atoms with Crippen LogP contribution >= 0.6 is 27.3 Å². The van der Waals surface area contributed by atoms with Gasteiger partial charge in [-0.1, -0.05) is 0 Å². The first-order chi connectivity index (χ1) is 13.9. The topological polar surface area (TPSA) is 127 Å². The van der Waals surface area contributed by atoms with E-state index >= 15 is 0 Å². The largest absolute Gasteiger partial charge is 0.493 e. The van der Waals surface area contributed by atoms with Gasteiger partial charge in [0.05, 0.1) is 33.4 Å². The molecular weight excluding hydrogens is 470 g/mol. The number of hydrogen-bond acceptors (Lipinski definition) is 10. The van der Waals surface area contributed by atoms with Crippen molar-refractivity contribution in [2.45, 2.75) is 13.5 Å². The Balaban J connectivity index is 1.79. The molecule has 152 valence electrons. The van der Waals surface area contributed by atoms with E-state index in [1.165, 1.54) is 24.5 Å². The van der Waals surface area contributed by atoms with E-state index in [1.807, 2.05) is 6.07 Å². The van der Waals surface area contributed by atoms with Crippen molar-refractivity contribution in [2.75, 3.05) is 13.7 Å². The van der Waals surface area contributed by atoms with E-state index in [9.17, 15) is 14.9 Å². The average molecular weight is 484 g/mol. The molecule has 0 unspecified atom stereocenters. The zero-order valence-corrected chi connectivity index (χ0v) is 17.6. The van der Waals surface area contributed by atoms with Crippen molar-refractivity contribution >= 4 is 38.9 Å². The summed E-state index contributed by atoms with van der Waals surface area (Å²) in [7, 11) is 1.35. The Morgan fingerprint density at radius 2 is 2.10 bits per heavy atom. The van der Waals surface area contributed by atoms with Gasteiger partial charge in [0.25, 0.3) is 17.5 Å². The van der Waals surface area contributed by atoms with Crippen LogP contribution in [0.4, 0.5) is 5.69 Å². The summed E-state index contributed by atoms with van der Waals surface area (Å²) in [6, 6.07) is 5.96. The molecule has 3 aromatic rings. The molecule has 0 aliphatic carbocycles. The third kappa shape index (κ3) is 4.71. The molecule has 2 heterocycles. The van der Waals surface area contributed by atoms with Crippen LogP contribution in [0.2, 0.25) is 0 Å². The standard InChI is InChI=1S/C17H14BrN3O7S/c1-3-26-12-6-9(10(21(23)24)7-11(12)25-2)17(22)27-8-15-19-20-16(28-15)13-4-5-14(18)29-13/h4-7H,3,8H2,1-2H3. The number of nitro benzene ring substituents is 1. The number of nitro groups is 1. The fourth-order valence-electron chi connectivity index (χ4n) is 2.34. The maximum Gasteiger partial charge on any atom is 0.345 e. The van der Waals surface area contributed by atoms with Crippen molar-refractivity contribution in [2.24, 2.45) is 0 Å². The monoisotopic (exact) mass is 483 g/mol. The first-order valence-corrected chi connectivity index (χ1v) is 9.78. The second-order valence-electron chi connectivity index (χ2n) is 5.39. The molecule has 0 amide bonds. The predicted octanol–water partition coefficient (Wildman–Crippen LogP) is 4.23. The highest BCUT2D eigenvalue weighted by molar-refractivity contribution is 9.11. The molecule has 0 radical (unpaired) electrons. The number of hydrogen-bond donors (Lipinski definition) is 0. The summed E-state index contributed by atoms with van der Waals surface area (Å²) in [5.41, 5.74) is -0.744. The van der Waals surface area contributed by atoms with Crippen LogP contribution in [0.1, 0.15) is 23.2 Å². The Kier molecular flexibility index (Phi) is 6.44. The lowest BCUT2D eigenvalue weighted by molar-refractivity contribution is -0.385. The zero-order chi connectivity index (χ0) is 21.0. The molecule has 3 rings (SSSR count). The summed E-state index contributed by atoms with van der Waals surface area (Å²) >= 11 is 4.74. The van der Waals surface area contributed by atoms with E-state index in [2.05, 4.69) is 26.1 Å². The molecule has 0 fully saturated rings. The average Bonchev–Trinajstić information content (AvgIpc) is 3.34. The van der Waals surface area contributed by atoms with Crippen molar-refractivity contribution in [1.29, 1.82) is 0 Å². The van der Waals surface area contributed by atoms with E-state index in [1.54, 1.807) is 13.0 Å². The number of esters is 1. The van der Waals surface area contributed by atoms with Crippen molar-refractivity contribution in [1.82, 2.24) is 10.2 Å². The van der Waals surface area contributed by atoms with Gasteiger partial charge in [0, 0.05) is 6.07 Å². The summed E-state index contributed by atoms with van der Waals surface area (Å²) < 4.78 is 21.9. The van der Waals surface area contributed by atoms with Crippen LogP contribution in [0.15, 0.2) is 32.5 Å². The van der Waals surface area contributed by atoms with Gasteiger partial charge >= 0.3 is 5.97 Å². The molecule has 0 aliphatic heterocycles. The zero-order valence-electron chi connectivity index (χ0n) is 15.2. The Morgan fingerprint density at radius 3 is 2.72 bits per heavy atom. The molecule has 0 aliphatic rings. The lowest BCUT2D eigenvalue weighted by Crippen LogP contribution is -2.10. The van der Waals surface area contributed by atoms with Gasteiger partial charge in [0.15, 0.2) is 18.1 Å². The fourth-order valence-corrected chi connectivity index (χ4v) is 3.64. The van der Waals surface area contributed by atoms with Crippen molar-refractivity contribution in [3.63, 3.8) is 0 Å². The van der Waals surface area contributed by atoms with Crippen molar-refractivity contribution in [3.05, 3.63) is 49.6 Å². The number of halogens is 1. The normalized spacial score (nSPS) is 10.6. The first kappa shape index (κ1) is 20.7. The van der Waals surface area contributed by atoms with E-state index in [0.717, 1.165) is 14.7 Å². The van der Waals surface area contributed by atoms with Crippen LogP contribution in [-0.4, -0.2) is 34.8 Å². The summed E-state index contributed by atoms with van der Waals surface area (Å²) in [6.45, 7) is 1.68. The molecule has 12 heteroatoms. The minimum atomic E-state index is -0.932. The number of carbonyl (C=O) groups excluding carboxylic acids is 1. The van der Waals surface area contributed by atoms with Gasteiger partial charge in [-0.05, 0) is 35.0 Å². The third-order valence-electron chi connectivity index (χ3n) is 3.58. The molecule has 0 atom stereocenters. The maximum atomic E-state index is 12.5. The maximum absolute atomic E-state index is 12.5. The van der Waals surface area contributed by atoms with Crippen LogP contribution in [-0.2, 0) is 11.3 Å². The lowest BCUT2D eigenvalue weighted by atomic mass is 10.1. The predicted molar refractivity (Wildman–Crippen MR) is 105 cm³/mol. The van der Waals surface area contributed by atoms with Crippen LogP contribution in [0, 0.1) is 10.1 Å². The second kappa shape index (κ2) is 9.01. The summed E-state index contributed by atoms with van der Waals surface area (Å²) in [6.07, 6.45) is 0. The van der Waals surface area contributed by atoms with E-state index < -0.39 is 16.6 Å². The van der Waals surface area contributed by atoms with Gasteiger partial charge in [-0.2, -0.15) is 0 Å². The highest BCUT2D eigenvalue weighted by Gasteiger charge is 2.26. The summed E-state index contributed by atoms with van der Waals surface area (Å²) in [4.78, 5) is 23.9. The number of ether oxygens (including phenoxy) is 3. The fraction of sp³-hybridized carbons (Fsp3) is 0.235. The molecule has 1 aromatic carbocycles. The Morgan fingerprint density at radius 1 is 1.31 bits per heavy atom. The summed E-state index contributed by atoms with van der Waals surface area (Å²) in [5.74, 6) is -0.270. The summed E-state index contributed by atoms with van der Waals surface area (Å²) in [5, 5.41) is 19.1. The van der Waals surface area contributed by atoms with E-state index in [0.29, 0.717) is 0 Å². The van der Waals surface area contributed by atoms with Gasteiger partial charge in [-0.3, -0.25) is 10.1 Å². The lowest BCUT2D eigenvalue weighted by Gasteiger charge is -2.11. The van der Waals surface area contributed by atoms with Gasteiger partial charge in [-0.15, -0.1) is 21.5 Å². The number of carbonyl (C=O) groups is 1. The number of aromatic nitrogens is 2. The van der Waals surface area contributed by atoms with Crippen LogP contribution in [0.25, 0.3) is 10.8 Å². The molecule has 0 spiro atoms. The second-order valence-corrected chi connectivity index (χ2v) is 7.85. The molecule has 2 aromatic heterocycles. The molecule has 29 heavy (non-hydrogen) atoms. The van der Waals surface area contributed by atoms with E-state index in [-0.39, 0.29) is 42.1 Å². The van der Waals surface area contributed by atoms with Gasteiger partial charge < -0.3 is 18.6 Å². The van der Waals surface area contributed by atoms with Crippen LogP contribution < -0.4 is 9.47 Å². The number of thiophene rings is 1. The molecule has 0 saturated carbocycles. The van der Waals surface area contributed by atoms with Gasteiger partial charge in [0.1, 0.15) is 5.56 Å². The van der Waals surface area contributed by atoms with Crippen molar-refractivity contribution < 1.29 is 28.3 Å². The molecule has 0 saturated heterocycles. The molecule has 0 bridgehead atoms. The number of nitrogens with zero attached hydrogens (tertiary/aromatic N) is 3. The highest BCUT2D eigenvalue weighted by atomic mass is 79.9. The van der Waals surface area contributed by atoms with E-state index in [4.69, 9.17) is 18.6 Å². The molecular formula is C17H14BrN3O7S. The quantitative estimate of drug-likeness (QED) is 0.262. The van der Waals surface area contributed by atoms with Gasteiger partial charge in [0.2, 0.25) is 0 Å². The SMILES string of the molecule is CCOc1cc(C(=O)OCc2nnc(-c3ccc(Br)s3)o2)c([N+](=O)[O-])cc1OC. The first-order valence-electron chi connectivity index (χ1n) is 8.17. The van der Waals surface area contributed by atoms with Crippen LogP contribution in [0.5, 0.6) is 11.5 Å². The Bertz CT molecular complexity index is 1050. The minimum absolute atomic E-state index is 0.0547. The van der Waals surface area contributed by atoms with Gasteiger partial charge in [-0.25, -0.2) is 4.79 Å². The minimum Gasteiger partial charge on any atom is -0.493 e. The number of rotatable bonds is 8. The number of methoxy groups -OCH3 is 1. The third-order valence-corrected chi connectivity index (χ3v) is 5.19. The molecule has 0 N–H and O–H groups in total. The number of benzene rings is 1. The Labute approximate surface area is 176 Å². The molecule has 10 nitrogen and oxygen atoms in total. The highest BCUT2D eigenvalue weighted by Crippen LogP contribution is 2.35. The van der Waals surface area contributed by atoms with Crippen LogP contribution in [0.3, 0.4) is 0 Å². The Hall–Kier alpha value is -2.99. The smallest absolute Gasteiger partial charge is 0.345 e.